The minimum Gasteiger partial charge on any atom is -0.493 e. The van der Waals surface area contributed by atoms with Crippen LogP contribution in [0.15, 0.2) is 41.3 Å². The summed E-state index contributed by atoms with van der Waals surface area (Å²) < 4.78 is 10.4. The number of hydrogen-bond donors (Lipinski definition) is 2. The van der Waals surface area contributed by atoms with Crippen LogP contribution in [0.2, 0.25) is 0 Å². The van der Waals surface area contributed by atoms with Crippen LogP contribution in [0, 0.1) is 0 Å². The summed E-state index contributed by atoms with van der Waals surface area (Å²) in [7, 11) is 3.09. The number of rotatable bonds is 4. The Morgan fingerprint density at radius 3 is 2.60 bits per heavy atom. The van der Waals surface area contributed by atoms with Crippen LogP contribution < -0.4 is 20.1 Å². The van der Waals surface area contributed by atoms with Gasteiger partial charge in [0.15, 0.2) is 11.5 Å². The Kier molecular flexibility index (Phi) is 4.85. The van der Waals surface area contributed by atoms with Crippen LogP contribution in [-0.2, 0) is 4.79 Å². The highest BCUT2D eigenvalue weighted by molar-refractivity contribution is 8.00. The van der Waals surface area contributed by atoms with E-state index >= 15 is 0 Å². The second-order valence-corrected chi connectivity index (χ2v) is 6.87. The zero-order valence-corrected chi connectivity index (χ0v) is 14.9. The lowest BCUT2D eigenvalue weighted by atomic mass is 10.1. The number of hydrogen-bond acceptors (Lipinski definition) is 5. The van der Waals surface area contributed by atoms with E-state index in [1.54, 1.807) is 37.4 Å². The van der Waals surface area contributed by atoms with Crippen molar-refractivity contribution in [2.75, 3.05) is 24.9 Å². The summed E-state index contributed by atoms with van der Waals surface area (Å²) in [6.45, 7) is 1.85. The highest BCUT2D eigenvalue weighted by Gasteiger charge is 2.23. The summed E-state index contributed by atoms with van der Waals surface area (Å²) >= 11 is 1.48. The molecule has 0 unspecified atom stereocenters. The van der Waals surface area contributed by atoms with Gasteiger partial charge in [-0.3, -0.25) is 9.59 Å². The second kappa shape index (κ2) is 7.06. The van der Waals surface area contributed by atoms with E-state index in [-0.39, 0.29) is 17.1 Å². The molecule has 1 heterocycles. The molecule has 1 aliphatic rings. The van der Waals surface area contributed by atoms with Gasteiger partial charge in [-0.2, -0.15) is 0 Å². The van der Waals surface area contributed by atoms with E-state index in [1.807, 2.05) is 13.0 Å². The smallest absolute Gasteiger partial charge is 0.255 e. The number of nitrogens with one attached hydrogen (secondary N) is 2. The maximum absolute atomic E-state index is 12.5. The number of amides is 2. The SMILES string of the molecule is COc1ccc(NC(=O)c2ccc3c(c2)NC(=O)[C@@H](C)S3)cc1OC. The molecule has 6 nitrogen and oxygen atoms in total. The molecule has 0 saturated heterocycles. The molecule has 0 spiro atoms. The van der Waals surface area contributed by atoms with Crippen molar-refractivity contribution in [3.63, 3.8) is 0 Å². The first-order valence-corrected chi connectivity index (χ1v) is 8.54. The van der Waals surface area contributed by atoms with Crippen molar-refractivity contribution in [1.82, 2.24) is 0 Å². The van der Waals surface area contributed by atoms with Gasteiger partial charge in [-0.1, -0.05) is 0 Å². The predicted molar refractivity (Wildman–Crippen MR) is 97.9 cm³/mol. The van der Waals surface area contributed by atoms with Crippen molar-refractivity contribution in [3.8, 4) is 11.5 Å². The van der Waals surface area contributed by atoms with E-state index in [1.165, 1.54) is 18.9 Å². The molecular formula is C18H18N2O4S. The summed E-state index contributed by atoms with van der Waals surface area (Å²) in [4.78, 5) is 25.3. The summed E-state index contributed by atoms with van der Waals surface area (Å²) in [6.07, 6.45) is 0. The molecule has 0 fully saturated rings. The van der Waals surface area contributed by atoms with Crippen molar-refractivity contribution in [3.05, 3.63) is 42.0 Å². The Balaban J connectivity index is 1.80. The Bertz CT molecular complexity index is 838. The number of methoxy groups -OCH3 is 2. The van der Waals surface area contributed by atoms with Gasteiger partial charge in [0.1, 0.15) is 0 Å². The lowest BCUT2D eigenvalue weighted by Crippen LogP contribution is -2.26. The molecule has 0 saturated carbocycles. The number of fused-ring (bicyclic) bond motifs is 1. The zero-order chi connectivity index (χ0) is 18.0. The van der Waals surface area contributed by atoms with E-state index in [0.29, 0.717) is 28.4 Å². The molecule has 2 amide bonds. The van der Waals surface area contributed by atoms with Crippen LogP contribution in [-0.4, -0.2) is 31.3 Å². The maximum atomic E-state index is 12.5. The van der Waals surface area contributed by atoms with Crippen LogP contribution in [0.1, 0.15) is 17.3 Å². The van der Waals surface area contributed by atoms with Crippen molar-refractivity contribution in [2.24, 2.45) is 0 Å². The normalized spacial score (nSPS) is 15.8. The zero-order valence-electron chi connectivity index (χ0n) is 14.1. The predicted octanol–water partition coefficient (Wildman–Crippen LogP) is 3.39. The first kappa shape index (κ1) is 17.2. The van der Waals surface area contributed by atoms with E-state index in [4.69, 9.17) is 9.47 Å². The van der Waals surface area contributed by atoms with Gasteiger partial charge in [-0.25, -0.2) is 0 Å². The molecule has 130 valence electrons. The van der Waals surface area contributed by atoms with Crippen molar-refractivity contribution in [2.45, 2.75) is 17.1 Å². The molecule has 2 aromatic rings. The lowest BCUT2D eigenvalue weighted by molar-refractivity contribution is -0.115. The Morgan fingerprint density at radius 2 is 1.88 bits per heavy atom. The van der Waals surface area contributed by atoms with Gasteiger partial charge in [0.25, 0.3) is 5.91 Å². The highest BCUT2D eigenvalue weighted by atomic mass is 32.2. The van der Waals surface area contributed by atoms with Gasteiger partial charge in [0.05, 0.1) is 25.2 Å². The molecule has 0 aromatic heterocycles. The Morgan fingerprint density at radius 1 is 1.12 bits per heavy atom. The summed E-state index contributed by atoms with van der Waals surface area (Å²) in [5.74, 6) is 0.786. The molecule has 2 N–H and O–H groups in total. The largest absolute Gasteiger partial charge is 0.493 e. The van der Waals surface area contributed by atoms with E-state index in [9.17, 15) is 9.59 Å². The third-order valence-corrected chi connectivity index (χ3v) is 4.99. The molecule has 2 aromatic carbocycles. The molecule has 0 aliphatic carbocycles. The molecule has 0 bridgehead atoms. The molecule has 1 aliphatic heterocycles. The van der Waals surface area contributed by atoms with Gasteiger partial charge in [0, 0.05) is 22.2 Å². The molecular weight excluding hydrogens is 340 g/mol. The summed E-state index contributed by atoms with van der Waals surface area (Å²) in [5.41, 5.74) is 1.71. The third kappa shape index (κ3) is 3.56. The number of ether oxygens (including phenoxy) is 2. The first-order chi connectivity index (χ1) is 12.0. The van der Waals surface area contributed by atoms with Crippen molar-refractivity contribution < 1.29 is 19.1 Å². The Labute approximate surface area is 149 Å². The van der Waals surface area contributed by atoms with Gasteiger partial charge >= 0.3 is 0 Å². The number of carbonyl (C=O) groups excluding carboxylic acids is 2. The van der Waals surface area contributed by atoms with E-state index in [0.717, 1.165) is 4.90 Å². The second-order valence-electron chi connectivity index (χ2n) is 5.48. The molecule has 25 heavy (non-hydrogen) atoms. The minimum atomic E-state index is -0.270. The van der Waals surface area contributed by atoms with Crippen LogP contribution in [0.25, 0.3) is 0 Å². The van der Waals surface area contributed by atoms with E-state index < -0.39 is 0 Å². The average molecular weight is 358 g/mol. The fraction of sp³-hybridized carbons (Fsp3) is 0.222. The molecule has 0 radical (unpaired) electrons. The highest BCUT2D eigenvalue weighted by Crippen LogP contribution is 2.36. The van der Waals surface area contributed by atoms with E-state index in [2.05, 4.69) is 10.6 Å². The van der Waals surface area contributed by atoms with Gasteiger partial charge in [-0.15, -0.1) is 11.8 Å². The van der Waals surface area contributed by atoms with Gasteiger partial charge < -0.3 is 20.1 Å². The van der Waals surface area contributed by atoms with Gasteiger partial charge in [0.2, 0.25) is 5.91 Å². The van der Waals surface area contributed by atoms with Crippen LogP contribution in [0.3, 0.4) is 0 Å². The molecule has 1 atom stereocenters. The third-order valence-electron chi connectivity index (χ3n) is 3.81. The number of benzene rings is 2. The van der Waals surface area contributed by atoms with Gasteiger partial charge in [-0.05, 0) is 37.3 Å². The summed E-state index contributed by atoms with van der Waals surface area (Å²) in [6, 6.07) is 10.4. The topological polar surface area (TPSA) is 76.7 Å². The Hall–Kier alpha value is -2.67. The quantitative estimate of drug-likeness (QED) is 0.876. The van der Waals surface area contributed by atoms with Crippen molar-refractivity contribution >= 4 is 35.0 Å². The van der Waals surface area contributed by atoms with Crippen LogP contribution >= 0.6 is 11.8 Å². The lowest BCUT2D eigenvalue weighted by Gasteiger charge is -2.21. The minimum absolute atomic E-state index is 0.0602. The standard InChI is InChI=1S/C18H18N2O4S/c1-10-17(21)20-13-8-11(4-7-16(13)25-10)18(22)19-12-5-6-14(23-2)15(9-12)24-3/h4-10H,1-3H3,(H,19,22)(H,20,21)/t10-/m1/s1. The van der Waals surface area contributed by atoms with Crippen LogP contribution in [0.5, 0.6) is 11.5 Å². The molecule has 7 heteroatoms. The fourth-order valence-electron chi connectivity index (χ4n) is 2.47. The maximum Gasteiger partial charge on any atom is 0.255 e. The summed E-state index contributed by atoms with van der Waals surface area (Å²) in [5, 5.41) is 5.50. The first-order valence-electron chi connectivity index (χ1n) is 7.66. The number of thioether (sulfide) groups is 1. The molecule has 3 rings (SSSR count). The number of anilines is 2. The number of carbonyl (C=O) groups is 2. The van der Waals surface area contributed by atoms with Crippen molar-refractivity contribution in [1.29, 1.82) is 0 Å². The fourth-order valence-corrected chi connectivity index (χ4v) is 3.40. The average Bonchev–Trinajstić information content (AvgIpc) is 2.62. The monoisotopic (exact) mass is 358 g/mol. The van der Waals surface area contributed by atoms with Crippen LogP contribution in [0.4, 0.5) is 11.4 Å².